The summed E-state index contributed by atoms with van der Waals surface area (Å²) in [7, 11) is 0. The molecule has 2 aromatic rings. The lowest BCUT2D eigenvalue weighted by Crippen LogP contribution is -2.47. The molecule has 0 saturated carbocycles. The molecule has 1 aliphatic heterocycles. The normalized spacial score (nSPS) is 29.1. The van der Waals surface area contributed by atoms with E-state index < -0.39 is 0 Å². The van der Waals surface area contributed by atoms with E-state index in [1.54, 1.807) is 22.3 Å². The molecular weight excluding hydrogens is 280 g/mol. The number of rotatable bonds is 2. The van der Waals surface area contributed by atoms with Gasteiger partial charge in [0.2, 0.25) is 0 Å². The predicted molar refractivity (Wildman–Crippen MR) is 94.0 cm³/mol. The zero-order valence-electron chi connectivity index (χ0n) is 13.5. The summed E-state index contributed by atoms with van der Waals surface area (Å²) < 4.78 is 0. The van der Waals surface area contributed by atoms with Crippen molar-refractivity contribution in [3.8, 4) is 0 Å². The highest BCUT2D eigenvalue weighted by molar-refractivity contribution is 5.55. The molecule has 2 bridgehead atoms. The molecule has 0 spiro atoms. The van der Waals surface area contributed by atoms with Gasteiger partial charge in [-0.05, 0) is 34.6 Å². The van der Waals surface area contributed by atoms with Gasteiger partial charge in [-0.25, -0.2) is 0 Å². The van der Waals surface area contributed by atoms with Gasteiger partial charge in [0.1, 0.15) is 0 Å². The number of hydrogen-bond donors (Lipinski definition) is 1. The average molecular weight is 304 g/mol. The second kappa shape index (κ2) is 5.47. The molecule has 0 amide bonds. The van der Waals surface area contributed by atoms with Crippen LogP contribution in [0.25, 0.3) is 0 Å². The van der Waals surface area contributed by atoms with Gasteiger partial charge < -0.3 is 10.2 Å². The van der Waals surface area contributed by atoms with E-state index in [0.29, 0.717) is 11.8 Å². The van der Waals surface area contributed by atoms with Gasteiger partial charge in [0.25, 0.3) is 0 Å². The van der Waals surface area contributed by atoms with Crippen LogP contribution < -0.4 is 5.32 Å². The van der Waals surface area contributed by atoms with Gasteiger partial charge >= 0.3 is 0 Å². The second-order valence-corrected chi connectivity index (χ2v) is 7.33. The van der Waals surface area contributed by atoms with Crippen LogP contribution in [0.2, 0.25) is 0 Å². The minimum Gasteiger partial charge on any atom is -0.314 e. The summed E-state index contributed by atoms with van der Waals surface area (Å²) in [5, 5.41) is 3.48. The molecule has 3 aliphatic carbocycles. The van der Waals surface area contributed by atoms with Gasteiger partial charge in [-0.15, -0.1) is 0 Å². The molecule has 23 heavy (non-hydrogen) atoms. The third kappa shape index (κ3) is 2.16. The highest BCUT2D eigenvalue weighted by Gasteiger charge is 2.43. The number of hydrogen-bond acceptors (Lipinski definition) is 2. The second-order valence-electron chi connectivity index (χ2n) is 7.33. The fourth-order valence-corrected chi connectivity index (χ4v) is 5.16. The summed E-state index contributed by atoms with van der Waals surface area (Å²) in [6, 6.07) is 18.4. The van der Waals surface area contributed by atoms with E-state index >= 15 is 0 Å². The molecule has 0 radical (unpaired) electrons. The van der Waals surface area contributed by atoms with Gasteiger partial charge in [0, 0.05) is 44.6 Å². The minimum absolute atomic E-state index is 0.599. The maximum atomic E-state index is 3.48. The summed E-state index contributed by atoms with van der Waals surface area (Å²) >= 11 is 0. The smallest absolute Gasteiger partial charge is 0.0136 e. The number of benzene rings is 2. The monoisotopic (exact) mass is 304 g/mol. The number of nitrogens with zero attached hydrogens (tertiary/aromatic N) is 1. The van der Waals surface area contributed by atoms with E-state index in [2.05, 4.69) is 58.7 Å². The SMILES string of the molecule is c1ccc2c(c1)C1C[C@@H](CN3CCNCC3)C2c2ccccc21. The molecule has 6 rings (SSSR count). The zero-order chi connectivity index (χ0) is 15.2. The topological polar surface area (TPSA) is 15.3 Å². The van der Waals surface area contributed by atoms with Crippen LogP contribution in [0, 0.1) is 5.92 Å². The Balaban J connectivity index is 1.54. The lowest BCUT2D eigenvalue weighted by atomic mass is 9.59. The van der Waals surface area contributed by atoms with Gasteiger partial charge in [0.05, 0.1) is 0 Å². The Morgan fingerprint density at radius 1 is 0.826 bits per heavy atom. The molecule has 4 aliphatic rings. The van der Waals surface area contributed by atoms with Crippen molar-refractivity contribution in [3.63, 3.8) is 0 Å². The maximum absolute atomic E-state index is 3.48. The molecule has 0 unspecified atom stereocenters. The quantitative estimate of drug-likeness (QED) is 0.916. The number of piperazine rings is 1. The molecule has 1 saturated heterocycles. The zero-order valence-corrected chi connectivity index (χ0v) is 13.5. The Bertz CT molecular complexity index is 670. The maximum Gasteiger partial charge on any atom is 0.0136 e. The highest BCUT2D eigenvalue weighted by atomic mass is 15.2. The van der Waals surface area contributed by atoms with Crippen LogP contribution in [0.1, 0.15) is 40.5 Å². The molecule has 1 atom stereocenters. The van der Waals surface area contributed by atoms with Crippen LogP contribution in [0.3, 0.4) is 0 Å². The minimum atomic E-state index is 0.599. The lowest BCUT2D eigenvalue weighted by Gasteiger charge is -2.47. The first-order chi connectivity index (χ1) is 11.4. The molecule has 1 N–H and O–H groups in total. The fourth-order valence-electron chi connectivity index (χ4n) is 5.16. The Morgan fingerprint density at radius 3 is 2.00 bits per heavy atom. The fraction of sp³-hybridized carbons (Fsp3) is 0.429. The third-order valence-corrected chi connectivity index (χ3v) is 6.13. The Hall–Kier alpha value is -1.64. The Kier molecular flexibility index (Phi) is 3.27. The number of nitrogens with one attached hydrogen (secondary N) is 1. The molecule has 1 fully saturated rings. The van der Waals surface area contributed by atoms with Crippen LogP contribution in [-0.4, -0.2) is 37.6 Å². The van der Waals surface area contributed by atoms with Crippen molar-refractivity contribution in [3.05, 3.63) is 70.8 Å². The first-order valence-electron chi connectivity index (χ1n) is 9.02. The van der Waals surface area contributed by atoms with Gasteiger partial charge in [-0.1, -0.05) is 48.5 Å². The average Bonchev–Trinajstić information content (AvgIpc) is 2.63. The van der Waals surface area contributed by atoms with Crippen LogP contribution >= 0.6 is 0 Å². The number of fused-ring (bicyclic) bond motifs is 1. The summed E-state index contributed by atoms with van der Waals surface area (Å²) in [4.78, 5) is 2.67. The van der Waals surface area contributed by atoms with Gasteiger partial charge in [-0.3, -0.25) is 0 Å². The van der Waals surface area contributed by atoms with Gasteiger partial charge in [0.15, 0.2) is 0 Å². The van der Waals surface area contributed by atoms with Crippen molar-refractivity contribution in [2.75, 3.05) is 32.7 Å². The first-order valence-corrected chi connectivity index (χ1v) is 9.02. The molecule has 2 aromatic carbocycles. The van der Waals surface area contributed by atoms with Crippen molar-refractivity contribution in [1.82, 2.24) is 10.2 Å². The standard InChI is InChI=1S/C21H24N2/c1-3-7-18-16(5-1)20-13-15(14-23-11-9-22-10-12-23)21(18)19-8-4-2-6-17(19)20/h1-8,15,20-22H,9-14H2/t15-,20?,21?/m0/s1. The highest BCUT2D eigenvalue weighted by Crippen LogP contribution is 2.55. The Labute approximate surface area is 138 Å². The van der Waals surface area contributed by atoms with Crippen molar-refractivity contribution in [2.45, 2.75) is 18.3 Å². The van der Waals surface area contributed by atoms with E-state index in [0.717, 1.165) is 19.0 Å². The third-order valence-electron chi connectivity index (χ3n) is 6.13. The van der Waals surface area contributed by atoms with Crippen molar-refractivity contribution in [2.24, 2.45) is 5.92 Å². The first kappa shape index (κ1) is 13.8. The van der Waals surface area contributed by atoms with E-state index in [-0.39, 0.29) is 0 Å². The molecule has 0 aromatic heterocycles. The van der Waals surface area contributed by atoms with Crippen molar-refractivity contribution >= 4 is 0 Å². The molecule has 2 heteroatoms. The van der Waals surface area contributed by atoms with Crippen LogP contribution in [0.5, 0.6) is 0 Å². The van der Waals surface area contributed by atoms with Crippen LogP contribution in [-0.2, 0) is 0 Å². The van der Waals surface area contributed by atoms with Crippen molar-refractivity contribution < 1.29 is 0 Å². The van der Waals surface area contributed by atoms with E-state index in [1.807, 2.05) is 0 Å². The van der Waals surface area contributed by atoms with Crippen LogP contribution in [0.4, 0.5) is 0 Å². The summed E-state index contributed by atoms with van der Waals surface area (Å²) in [6.45, 7) is 5.96. The van der Waals surface area contributed by atoms with E-state index in [1.165, 1.54) is 26.1 Å². The summed E-state index contributed by atoms with van der Waals surface area (Å²) in [5.41, 5.74) is 6.38. The summed E-state index contributed by atoms with van der Waals surface area (Å²) in [6.07, 6.45) is 1.32. The molecular formula is C21H24N2. The summed E-state index contributed by atoms with van der Waals surface area (Å²) in [5.74, 6) is 1.98. The van der Waals surface area contributed by atoms with Crippen LogP contribution in [0.15, 0.2) is 48.5 Å². The largest absolute Gasteiger partial charge is 0.314 e. The predicted octanol–water partition coefficient (Wildman–Crippen LogP) is 3.19. The molecule has 1 heterocycles. The lowest BCUT2D eigenvalue weighted by molar-refractivity contribution is 0.179. The van der Waals surface area contributed by atoms with Gasteiger partial charge in [-0.2, -0.15) is 0 Å². The molecule has 2 nitrogen and oxygen atoms in total. The molecule has 118 valence electrons. The van der Waals surface area contributed by atoms with E-state index in [4.69, 9.17) is 0 Å². The Morgan fingerprint density at radius 2 is 1.39 bits per heavy atom. The van der Waals surface area contributed by atoms with Crippen molar-refractivity contribution in [1.29, 1.82) is 0 Å². The van der Waals surface area contributed by atoms with E-state index in [9.17, 15) is 0 Å².